The summed E-state index contributed by atoms with van der Waals surface area (Å²) >= 11 is 0. The van der Waals surface area contributed by atoms with Crippen molar-refractivity contribution in [3.05, 3.63) is 35.5 Å². The zero-order valence-electron chi connectivity index (χ0n) is 11.9. The molecule has 104 valence electrons. The molecule has 1 fully saturated rings. The Hall–Kier alpha value is -1.79. The molecule has 0 aliphatic heterocycles. The number of H-pyrrole nitrogens is 1. The van der Waals surface area contributed by atoms with Gasteiger partial charge in [0, 0.05) is 17.1 Å². The third-order valence-corrected chi connectivity index (χ3v) is 4.34. The Morgan fingerprint density at radius 1 is 1.45 bits per heavy atom. The van der Waals surface area contributed by atoms with Crippen LogP contribution in [0.3, 0.4) is 0 Å². The second-order valence-corrected chi connectivity index (χ2v) is 5.71. The summed E-state index contributed by atoms with van der Waals surface area (Å²) in [5.74, 6) is 1.53. The highest BCUT2D eigenvalue weighted by Crippen LogP contribution is 2.51. The van der Waals surface area contributed by atoms with Gasteiger partial charge >= 0.3 is 0 Å². The first-order valence-electron chi connectivity index (χ1n) is 7.55. The van der Waals surface area contributed by atoms with Gasteiger partial charge in [0.05, 0.1) is 11.6 Å². The maximum Gasteiger partial charge on any atom is 0.0991 e. The summed E-state index contributed by atoms with van der Waals surface area (Å²) in [6.45, 7) is 4.35. The molecule has 1 aromatic carbocycles. The number of fused-ring (bicyclic) bond motifs is 1. The van der Waals surface area contributed by atoms with Gasteiger partial charge in [-0.05, 0) is 68.0 Å². The summed E-state index contributed by atoms with van der Waals surface area (Å²) in [6.07, 6.45) is 6.01. The fourth-order valence-corrected chi connectivity index (χ4v) is 3.13. The Balaban J connectivity index is 1.68. The molecular formula is C17H21N3. The minimum absolute atomic E-state index is 0.694. The second kappa shape index (κ2) is 5.68. The summed E-state index contributed by atoms with van der Waals surface area (Å²) in [5.41, 5.74) is 3.31. The molecule has 2 atom stereocenters. The molecule has 1 aliphatic carbocycles. The van der Waals surface area contributed by atoms with Crippen LogP contribution in [0.2, 0.25) is 0 Å². The van der Waals surface area contributed by atoms with Gasteiger partial charge in [-0.2, -0.15) is 5.26 Å². The summed E-state index contributed by atoms with van der Waals surface area (Å²) in [4.78, 5) is 3.34. The lowest BCUT2D eigenvalue weighted by atomic mass is 10.0. The number of nitrogens with zero attached hydrogens (tertiary/aromatic N) is 1. The molecule has 0 bridgehead atoms. The summed E-state index contributed by atoms with van der Waals surface area (Å²) in [6, 6.07) is 8.15. The van der Waals surface area contributed by atoms with Crippen molar-refractivity contribution < 1.29 is 0 Å². The van der Waals surface area contributed by atoms with E-state index < -0.39 is 0 Å². The first kappa shape index (κ1) is 13.2. The molecule has 2 N–H and O–H groups in total. The molecule has 20 heavy (non-hydrogen) atoms. The fourth-order valence-electron chi connectivity index (χ4n) is 3.13. The highest BCUT2D eigenvalue weighted by molar-refractivity contribution is 5.85. The van der Waals surface area contributed by atoms with E-state index in [1.165, 1.54) is 30.2 Å². The quantitative estimate of drug-likeness (QED) is 0.787. The molecule has 0 radical (unpaired) electrons. The molecule has 0 amide bonds. The number of rotatable bonds is 6. The van der Waals surface area contributed by atoms with Gasteiger partial charge < -0.3 is 10.3 Å². The fraction of sp³-hybridized carbons (Fsp3) is 0.471. The van der Waals surface area contributed by atoms with Gasteiger partial charge in [0.25, 0.3) is 0 Å². The number of hydrogen-bond donors (Lipinski definition) is 2. The molecule has 0 saturated heterocycles. The van der Waals surface area contributed by atoms with E-state index >= 15 is 0 Å². The van der Waals surface area contributed by atoms with Crippen molar-refractivity contribution in [2.75, 3.05) is 13.1 Å². The summed E-state index contributed by atoms with van der Waals surface area (Å²) in [7, 11) is 0. The van der Waals surface area contributed by atoms with Crippen LogP contribution in [-0.2, 0) is 0 Å². The minimum atomic E-state index is 0.694. The molecule has 1 aliphatic rings. The van der Waals surface area contributed by atoms with Crippen molar-refractivity contribution in [3.63, 3.8) is 0 Å². The highest BCUT2D eigenvalue weighted by Gasteiger charge is 2.38. The minimum Gasteiger partial charge on any atom is -0.361 e. The third kappa shape index (κ3) is 2.57. The Morgan fingerprint density at radius 2 is 2.35 bits per heavy atom. The third-order valence-electron chi connectivity index (χ3n) is 4.34. The molecule has 3 heteroatoms. The normalized spacial score (nSPS) is 21.0. The first-order chi connectivity index (χ1) is 9.83. The lowest BCUT2D eigenvalue weighted by molar-refractivity contribution is 0.599. The number of hydrogen-bond acceptors (Lipinski definition) is 2. The number of nitrogens with one attached hydrogen (secondary N) is 2. The van der Waals surface area contributed by atoms with Crippen molar-refractivity contribution in [3.8, 4) is 6.07 Å². The standard InChI is InChI=1S/C17H21N3/c1-2-19-7-3-4-13-9-14(13)16-11-20-17-6-5-12(10-18)8-15(16)17/h5-6,8,11,13-14,19-20H,2-4,7,9H2,1H3. The van der Waals surface area contributed by atoms with Gasteiger partial charge in [0.15, 0.2) is 0 Å². The predicted octanol–water partition coefficient (Wildman–Crippen LogP) is 3.53. The van der Waals surface area contributed by atoms with Gasteiger partial charge in [-0.1, -0.05) is 6.92 Å². The Bertz CT molecular complexity index is 635. The molecule has 1 heterocycles. The molecule has 1 aromatic heterocycles. The molecule has 3 rings (SSSR count). The second-order valence-electron chi connectivity index (χ2n) is 5.71. The van der Waals surface area contributed by atoms with Crippen LogP contribution in [0.5, 0.6) is 0 Å². The van der Waals surface area contributed by atoms with E-state index in [-0.39, 0.29) is 0 Å². The van der Waals surface area contributed by atoms with Crippen LogP contribution < -0.4 is 5.32 Å². The number of aromatic nitrogens is 1. The first-order valence-corrected chi connectivity index (χ1v) is 7.55. The number of aromatic amines is 1. The zero-order valence-corrected chi connectivity index (χ0v) is 11.9. The molecule has 0 spiro atoms. The van der Waals surface area contributed by atoms with Crippen LogP contribution in [0.4, 0.5) is 0 Å². The van der Waals surface area contributed by atoms with Crippen molar-refractivity contribution in [2.45, 2.75) is 32.1 Å². The monoisotopic (exact) mass is 267 g/mol. The van der Waals surface area contributed by atoms with Crippen LogP contribution >= 0.6 is 0 Å². The van der Waals surface area contributed by atoms with Gasteiger partial charge in [-0.25, -0.2) is 0 Å². The topological polar surface area (TPSA) is 51.6 Å². The lowest BCUT2D eigenvalue weighted by Crippen LogP contribution is -2.13. The van der Waals surface area contributed by atoms with E-state index in [0.29, 0.717) is 5.92 Å². The smallest absolute Gasteiger partial charge is 0.0991 e. The number of nitriles is 1. The largest absolute Gasteiger partial charge is 0.361 e. The average Bonchev–Trinajstić information content (AvgIpc) is 3.12. The van der Waals surface area contributed by atoms with E-state index in [0.717, 1.165) is 30.1 Å². The van der Waals surface area contributed by atoms with Gasteiger partial charge in [0.2, 0.25) is 0 Å². The van der Waals surface area contributed by atoms with Gasteiger partial charge in [-0.15, -0.1) is 0 Å². The lowest BCUT2D eigenvalue weighted by Gasteiger charge is -2.01. The van der Waals surface area contributed by atoms with E-state index in [2.05, 4.69) is 29.5 Å². The summed E-state index contributed by atoms with van der Waals surface area (Å²) in [5, 5.41) is 13.7. The molecule has 2 unspecified atom stereocenters. The van der Waals surface area contributed by atoms with E-state index in [1.807, 2.05) is 18.2 Å². The number of benzene rings is 1. The molecule has 1 saturated carbocycles. The van der Waals surface area contributed by atoms with Crippen LogP contribution in [0.15, 0.2) is 24.4 Å². The Labute approximate surface area is 120 Å². The van der Waals surface area contributed by atoms with Crippen LogP contribution in [0.1, 0.15) is 43.2 Å². The molecule has 3 nitrogen and oxygen atoms in total. The zero-order chi connectivity index (χ0) is 13.9. The summed E-state index contributed by atoms with van der Waals surface area (Å²) < 4.78 is 0. The van der Waals surface area contributed by atoms with E-state index in [1.54, 1.807) is 0 Å². The van der Waals surface area contributed by atoms with Crippen molar-refractivity contribution in [2.24, 2.45) is 5.92 Å². The van der Waals surface area contributed by atoms with E-state index in [4.69, 9.17) is 5.26 Å². The SMILES string of the molecule is CCNCCCC1CC1c1c[nH]c2ccc(C#N)cc12. The van der Waals surface area contributed by atoms with Crippen LogP contribution in [0, 0.1) is 17.2 Å². The molecular weight excluding hydrogens is 246 g/mol. The Morgan fingerprint density at radius 3 is 3.15 bits per heavy atom. The van der Waals surface area contributed by atoms with Crippen LogP contribution in [-0.4, -0.2) is 18.1 Å². The van der Waals surface area contributed by atoms with Crippen LogP contribution in [0.25, 0.3) is 10.9 Å². The van der Waals surface area contributed by atoms with E-state index in [9.17, 15) is 0 Å². The van der Waals surface area contributed by atoms with Crippen molar-refractivity contribution in [1.29, 1.82) is 5.26 Å². The average molecular weight is 267 g/mol. The maximum atomic E-state index is 9.03. The highest BCUT2D eigenvalue weighted by atomic mass is 14.8. The van der Waals surface area contributed by atoms with Crippen molar-refractivity contribution in [1.82, 2.24) is 10.3 Å². The molecule has 2 aromatic rings. The maximum absolute atomic E-state index is 9.03. The predicted molar refractivity (Wildman–Crippen MR) is 81.6 cm³/mol. The van der Waals surface area contributed by atoms with Crippen molar-refractivity contribution >= 4 is 10.9 Å². The Kier molecular flexibility index (Phi) is 3.75. The van der Waals surface area contributed by atoms with Gasteiger partial charge in [0.1, 0.15) is 0 Å². The van der Waals surface area contributed by atoms with Gasteiger partial charge in [-0.3, -0.25) is 0 Å².